The van der Waals surface area contributed by atoms with Crippen LogP contribution in [0.5, 0.6) is 0 Å². The molecule has 5 heteroatoms. The van der Waals surface area contributed by atoms with Gasteiger partial charge in [0.05, 0.1) is 10.7 Å². The SMILES string of the molecule is CC(C)c1ccc(N[SH+]c2ccc(Cl)cc2Cl)cc1F. The van der Waals surface area contributed by atoms with Crippen molar-refractivity contribution in [2.45, 2.75) is 24.7 Å². The van der Waals surface area contributed by atoms with E-state index in [-0.39, 0.29) is 11.7 Å². The van der Waals surface area contributed by atoms with Gasteiger partial charge in [0.25, 0.3) is 0 Å². The van der Waals surface area contributed by atoms with E-state index in [1.165, 1.54) is 6.07 Å². The molecule has 2 rings (SSSR count). The topological polar surface area (TPSA) is 12.0 Å². The number of nitrogens with one attached hydrogen (secondary N) is 1. The molecule has 0 aliphatic rings. The summed E-state index contributed by atoms with van der Waals surface area (Å²) in [6.45, 7) is 3.94. The summed E-state index contributed by atoms with van der Waals surface area (Å²) in [6.07, 6.45) is 0. The second-order valence-electron chi connectivity index (χ2n) is 4.71. The molecule has 0 aromatic heterocycles. The molecule has 0 aliphatic heterocycles. The summed E-state index contributed by atoms with van der Waals surface area (Å²) in [4.78, 5) is 0.893. The Bertz CT molecular complexity index is 617. The van der Waals surface area contributed by atoms with Crippen LogP contribution in [0.3, 0.4) is 0 Å². The van der Waals surface area contributed by atoms with E-state index < -0.39 is 0 Å². The first-order valence-electron chi connectivity index (χ1n) is 6.18. The average Bonchev–Trinajstić information content (AvgIpc) is 2.37. The lowest BCUT2D eigenvalue weighted by atomic mass is 10.0. The Hall–Kier alpha value is -0.900. The van der Waals surface area contributed by atoms with Gasteiger partial charge in [-0.15, -0.1) is 0 Å². The van der Waals surface area contributed by atoms with Crippen molar-refractivity contribution in [1.29, 1.82) is 0 Å². The lowest BCUT2D eigenvalue weighted by Crippen LogP contribution is -2.00. The van der Waals surface area contributed by atoms with E-state index in [1.54, 1.807) is 18.2 Å². The first-order chi connectivity index (χ1) is 9.47. The molecule has 2 aromatic carbocycles. The van der Waals surface area contributed by atoms with Crippen LogP contribution in [0.1, 0.15) is 25.3 Å². The van der Waals surface area contributed by atoms with E-state index >= 15 is 0 Å². The Morgan fingerprint density at radius 1 is 1.10 bits per heavy atom. The van der Waals surface area contributed by atoms with Gasteiger partial charge in [-0.1, -0.05) is 43.1 Å². The van der Waals surface area contributed by atoms with Gasteiger partial charge >= 0.3 is 0 Å². The fraction of sp³-hybridized carbons (Fsp3) is 0.200. The van der Waals surface area contributed by atoms with Crippen LogP contribution in [-0.2, 0) is 11.9 Å². The fourth-order valence-corrected chi connectivity index (χ4v) is 3.01. The summed E-state index contributed by atoms with van der Waals surface area (Å²) in [5.74, 6) is -0.0188. The smallest absolute Gasteiger partial charge is 0.197 e. The highest BCUT2D eigenvalue weighted by Gasteiger charge is 2.12. The molecule has 2 aromatic rings. The number of halogens is 3. The van der Waals surface area contributed by atoms with Crippen molar-refractivity contribution in [3.8, 4) is 0 Å². The Labute approximate surface area is 132 Å². The van der Waals surface area contributed by atoms with E-state index in [9.17, 15) is 4.39 Å². The predicted molar refractivity (Wildman–Crippen MR) is 87.6 cm³/mol. The molecule has 106 valence electrons. The molecule has 0 fully saturated rings. The van der Waals surface area contributed by atoms with Gasteiger partial charge in [0, 0.05) is 11.1 Å². The van der Waals surface area contributed by atoms with Crippen LogP contribution in [0.4, 0.5) is 10.1 Å². The van der Waals surface area contributed by atoms with Crippen LogP contribution in [0.15, 0.2) is 41.3 Å². The third-order valence-electron chi connectivity index (χ3n) is 2.84. The molecular formula is C15H15Cl2FNS+. The maximum Gasteiger partial charge on any atom is 0.197 e. The second-order valence-corrected chi connectivity index (χ2v) is 6.48. The quantitative estimate of drug-likeness (QED) is 0.580. The predicted octanol–water partition coefficient (Wildman–Crippen LogP) is 5.46. The second kappa shape index (κ2) is 6.70. The Morgan fingerprint density at radius 3 is 2.45 bits per heavy atom. The van der Waals surface area contributed by atoms with Crippen molar-refractivity contribution in [2.75, 3.05) is 4.72 Å². The Kier molecular flexibility index (Phi) is 5.19. The molecule has 0 saturated heterocycles. The zero-order chi connectivity index (χ0) is 14.7. The van der Waals surface area contributed by atoms with Gasteiger partial charge in [0.2, 0.25) is 0 Å². The monoisotopic (exact) mass is 330 g/mol. The third kappa shape index (κ3) is 3.81. The summed E-state index contributed by atoms with van der Waals surface area (Å²) < 4.78 is 17.0. The molecule has 20 heavy (non-hydrogen) atoms. The van der Waals surface area contributed by atoms with Gasteiger partial charge in [-0.25, -0.2) is 9.11 Å². The number of hydrogen-bond acceptors (Lipinski definition) is 1. The van der Waals surface area contributed by atoms with Crippen LogP contribution < -0.4 is 4.72 Å². The minimum Gasteiger partial charge on any atom is -0.207 e. The summed E-state index contributed by atoms with van der Waals surface area (Å²) in [5.41, 5.74) is 1.44. The van der Waals surface area contributed by atoms with Crippen molar-refractivity contribution in [3.05, 3.63) is 57.8 Å². The number of anilines is 1. The van der Waals surface area contributed by atoms with E-state index in [0.29, 0.717) is 10.0 Å². The molecule has 0 saturated carbocycles. The number of rotatable bonds is 4. The molecule has 0 aliphatic carbocycles. The molecule has 0 radical (unpaired) electrons. The zero-order valence-corrected chi connectivity index (χ0v) is 13.5. The van der Waals surface area contributed by atoms with Gasteiger partial charge in [-0.3, -0.25) is 0 Å². The van der Waals surface area contributed by atoms with Crippen LogP contribution in [0, 0.1) is 5.82 Å². The number of hydrogen-bond donors (Lipinski definition) is 1. The summed E-state index contributed by atoms with van der Waals surface area (Å²) in [5, 5.41) is 1.19. The van der Waals surface area contributed by atoms with Crippen molar-refractivity contribution in [3.63, 3.8) is 0 Å². The maximum absolute atomic E-state index is 13.9. The van der Waals surface area contributed by atoms with Crippen LogP contribution in [0.25, 0.3) is 0 Å². The maximum atomic E-state index is 13.9. The fourth-order valence-electron chi connectivity index (χ4n) is 1.76. The first-order valence-corrected chi connectivity index (χ1v) is 7.83. The normalized spacial score (nSPS) is 10.9. The van der Waals surface area contributed by atoms with Crippen LogP contribution >= 0.6 is 23.2 Å². The standard InChI is InChI=1S/C15H14Cl2FNS/c1-9(2)12-5-4-11(8-14(12)18)19-20-15-6-3-10(16)7-13(15)17/h3-9,19H,1-2H3/p+1. The number of thiol groups is 1. The first kappa shape index (κ1) is 15.5. The van der Waals surface area contributed by atoms with Crippen LogP contribution in [0.2, 0.25) is 10.0 Å². The lowest BCUT2D eigenvalue weighted by Gasteiger charge is -2.07. The summed E-state index contributed by atoms with van der Waals surface area (Å²) >= 11 is 12.7. The van der Waals surface area contributed by atoms with Gasteiger partial charge in [-0.2, -0.15) is 0 Å². The average molecular weight is 331 g/mol. The molecule has 0 unspecified atom stereocenters. The molecule has 0 spiro atoms. The van der Waals surface area contributed by atoms with Crippen molar-refractivity contribution < 1.29 is 4.39 Å². The van der Waals surface area contributed by atoms with E-state index in [4.69, 9.17) is 23.2 Å². The minimum atomic E-state index is -0.192. The van der Waals surface area contributed by atoms with Crippen molar-refractivity contribution >= 4 is 40.8 Å². The molecule has 1 N–H and O–H groups in total. The summed E-state index contributed by atoms with van der Waals surface area (Å²) in [6, 6.07) is 10.5. The Balaban J connectivity index is 2.09. The van der Waals surface area contributed by atoms with Gasteiger partial charge < -0.3 is 0 Å². The molecule has 0 atom stereocenters. The summed E-state index contributed by atoms with van der Waals surface area (Å²) in [7, 11) is 0. The molecular weight excluding hydrogens is 316 g/mol. The number of benzene rings is 2. The van der Waals surface area contributed by atoms with Gasteiger partial charge in [-0.05, 0) is 35.7 Å². The molecule has 1 nitrogen and oxygen atoms in total. The van der Waals surface area contributed by atoms with Gasteiger partial charge in [0.15, 0.2) is 4.90 Å². The minimum absolute atomic E-state index is 0.173. The van der Waals surface area contributed by atoms with E-state index in [2.05, 4.69) is 4.72 Å². The van der Waals surface area contributed by atoms with Crippen LogP contribution in [-0.4, -0.2) is 0 Å². The lowest BCUT2D eigenvalue weighted by molar-refractivity contribution is 0.599. The Morgan fingerprint density at radius 2 is 1.85 bits per heavy atom. The van der Waals surface area contributed by atoms with Gasteiger partial charge in [0.1, 0.15) is 17.8 Å². The molecule has 0 amide bonds. The van der Waals surface area contributed by atoms with Crippen molar-refractivity contribution in [1.82, 2.24) is 0 Å². The highest BCUT2D eigenvalue weighted by molar-refractivity contribution is 7.80. The zero-order valence-electron chi connectivity index (χ0n) is 11.1. The highest BCUT2D eigenvalue weighted by atomic mass is 35.5. The van der Waals surface area contributed by atoms with Crippen molar-refractivity contribution in [2.24, 2.45) is 0 Å². The largest absolute Gasteiger partial charge is 0.207 e. The third-order valence-corrected chi connectivity index (χ3v) is 4.52. The van der Waals surface area contributed by atoms with E-state index in [1.807, 2.05) is 26.0 Å². The molecule has 0 bridgehead atoms. The highest BCUT2D eigenvalue weighted by Crippen LogP contribution is 2.25. The van der Waals surface area contributed by atoms with E-state index in [0.717, 1.165) is 28.1 Å². The molecule has 0 heterocycles.